The van der Waals surface area contributed by atoms with Gasteiger partial charge in [-0.05, 0) is 67.5 Å². The maximum absolute atomic E-state index is 11.5. The molecule has 0 atom stereocenters. The van der Waals surface area contributed by atoms with Gasteiger partial charge in [-0.15, -0.1) is 0 Å². The van der Waals surface area contributed by atoms with Gasteiger partial charge in [-0.1, -0.05) is 73.5 Å². The molecule has 1 heterocycles. The van der Waals surface area contributed by atoms with Gasteiger partial charge in [0.1, 0.15) is 0 Å². The highest BCUT2D eigenvalue weighted by molar-refractivity contribution is 7.97. The topological polar surface area (TPSA) is 58.4 Å². The highest BCUT2D eigenvalue weighted by Gasteiger charge is 2.22. The molecule has 1 amide bonds. The van der Waals surface area contributed by atoms with E-state index in [1.54, 1.807) is 6.08 Å². The van der Waals surface area contributed by atoms with Crippen LogP contribution in [-0.4, -0.2) is 35.7 Å². The lowest BCUT2D eigenvalue weighted by Gasteiger charge is -2.30. The van der Waals surface area contributed by atoms with Gasteiger partial charge in [0.15, 0.2) is 0 Å². The van der Waals surface area contributed by atoms with Gasteiger partial charge in [0, 0.05) is 24.4 Å². The zero-order chi connectivity index (χ0) is 21.9. The zero-order valence-corrected chi connectivity index (χ0v) is 19.3. The smallest absolute Gasteiger partial charge is 0.253 e. The summed E-state index contributed by atoms with van der Waals surface area (Å²) in [6.45, 7) is 5.14. The quantitative estimate of drug-likeness (QED) is 0.474. The van der Waals surface area contributed by atoms with Crippen LogP contribution in [0.2, 0.25) is 0 Å². The van der Waals surface area contributed by atoms with Gasteiger partial charge in [0.2, 0.25) is 0 Å². The van der Waals surface area contributed by atoms with Crippen LogP contribution in [0, 0.1) is 0 Å². The maximum atomic E-state index is 11.5. The van der Waals surface area contributed by atoms with Crippen molar-refractivity contribution in [2.24, 2.45) is 5.73 Å². The second kappa shape index (κ2) is 12.7. The zero-order valence-electron chi connectivity index (χ0n) is 18.5. The first-order chi connectivity index (χ1) is 15.1. The van der Waals surface area contributed by atoms with Crippen molar-refractivity contribution < 1.29 is 4.79 Å². The number of nitrogens with one attached hydrogen (secondary N) is 1. The SMILES string of the molecule is CCSNC(=O)/C=C/c1ccc(CN2CCC(N)CC2)cc1.c1ccc(C2CC2)cc1. The van der Waals surface area contributed by atoms with E-state index in [-0.39, 0.29) is 5.91 Å². The second-order valence-electron chi connectivity index (χ2n) is 8.27. The summed E-state index contributed by atoms with van der Waals surface area (Å²) in [6.07, 6.45) is 8.41. The van der Waals surface area contributed by atoms with Gasteiger partial charge in [-0.25, -0.2) is 0 Å². The molecule has 2 fully saturated rings. The van der Waals surface area contributed by atoms with E-state index in [0.717, 1.165) is 49.7 Å². The monoisotopic (exact) mass is 437 g/mol. The number of rotatable bonds is 7. The van der Waals surface area contributed by atoms with E-state index in [0.29, 0.717) is 6.04 Å². The summed E-state index contributed by atoms with van der Waals surface area (Å²) < 4.78 is 2.75. The summed E-state index contributed by atoms with van der Waals surface area (Å²) in [4.78, 5) is 13.9. The first-order valence-corrected chi connectivity index (χ1v) is 12.3. The number of nitrogens with two attached hydrogens (primary N) is 1. The predicted octanol–water partition coefficient (Wildman–Crippen LogP) is 4.97. The molecule has 2 aliphatic rings. The Balaban J connectivity index is 0.000000248. The highest BCUT2D eigenvalue weighted by atomic mass is 32.2. The second-order valence-corrected chi connectivity index (χ2v) is 9.34. The molecule has 1 aliphatic heterocycles. The maximum Gasteiger partial charge on any atom is 0.253 e. The van der Waals surface area contributed by atoms with Crippen LogP contribution in [0.15, 0.2) is 60.7 Å². The van der Waals surface area contributed by atoms with E-state index in [2.05, 4.69) is 64.2 Å². The molecule has 166 valence electrons. The number of amides is 1. The van der Waals surface area contributed by atoms with Crippen molar-refractivity contribution in [2.45, 2.75) is 51.1 Å². The van der Waals surface area contributed by atoms with Gasteiger partial charge < -0.3 is 5.73 Å². The molecule has 0 bridgehead atoms. The van der Waals surface area contributed by atoms with Crippen LogP contribution in [0.4, 0.5) is 0 Å². The summed E-state index contributed by atoms with van der Waals surface area (Å²) in [6, 6.07) is 19.5. The third kappa shape index (κ3) is 8.90. The Bertz CT molecular complexity index is 810. The molecule has 1 saturated heterocycles. The molecule has 2 aromatic carbocycles. The molecule has 2 aromatic rings. The molecule has 1 aliphatic carbocycles. The Labute approximate surface area is 191 Å². The van der Waals surface area contributed by atoms with E-state index in [1.165, 1.54) is 35.9 Å². The minimum absolute atomic E-state index is 0.0689. The van der Waals surface area contributed by atoms with E-state index >= 15 is 0 Å². The predicted molar refractivity (Wildman–Crippen MR) is 133 cm³/mol. The lowest BCUT2D eigenvalue weighted by Crippen LogP contribution is -2.39. The molecular formula is C26H35N3OS. The van der Waals surface area contributed by atoms with E-state index in [4.69, 9.17) is 5.73 Å². The van der Waals surface area contributed by atoms with E-state index in [9.17, 15) is 4.79 Å². The van der Waals surface area contributed by atoms with E-state index in [1.807, 2.05) is 13.0 Å². The van der Waals surface area contributed by atoms with Crippen molar-refractivity contribution in [1.29, 1.82) is 0 Å². The van der Waals surface area contributed by atoms with Crippen molar-refractivity contribution in [1.82, 2.24) is 9.62 Å². The number of hydrogen-bond acceptors (Lipinski definition) is 4. The summed E-state index contributed by atoms with van der Waals surface area (Å²) >= 11 is 1.41. The lowest BCUT2D eigenvalue weighted by molar-refractivity contribution is -0.114. The highest BCUT2D eigenvalue weighted by Crippen LogP contribution is 2.39. The Kier molecular flexibility index (Phi) is 9.66. The molecule has 1 saturated carbocycles. The molecule has 4 nitrogen and oxygen atoms in total. The summed E-state index contributed by atoms with van der Waals surface area (Å²) in [5.41, 5.74) is 9.80. The Morgan fingerprint density at radius 1 is 1.06 bits per heavy atom. The molecule has 0 aromatic heterocycles. The summed E-state index contributed by atoms with van der Waals surface area (Å²) in [5, 5.41) is 0. The van der Waals surface area contributed by atoms with Gasteiger partial charge in [0.05, 0.1) is 0 Å². The summed E-state index contributed by atoms with van der Waals surface area (Å²) in [7, 11) is 0. The average molecular weight is 438 g/mol. The third-order valence-electron chi connectivity index (χ3n) is 5.61. The van der Waals surface area contributed by atoms with Crippen LogP contribution in [-0.2, 0) is 11.3 Å². The molecule has 31 heavy (non-hydrogen) atoms. The van der Waals surface area contributed by atoms with Gasteiger partial charge in [-0.2, -0.15) is 0 Å². The third-order valence-corrected chi connectivity index (χ3v) is 6.24. The number of carbonyl (C=O) groups is 1. The van der Waals surface area contributed by atoms with Crippen molar-refractivity contribution in [3.63, 3.8) is 0 Å². The van der Waals surface area contributed by atoms with Crippen molar-refractivity contribution in [3.8, 4) is 0 Å². The van der Waals surface area contributed by atoms with Crippen molar-refractivity contribution in [2.75, 3.05) is 18.8 Å². The van der Waals surface area contributed by atoms with Gasteiger partial charge in [0.25, 0.3) is 5.91 Å². The minimum atomic E-state index is -0.0689. The molecule has 4 rings (SSSR count). The normalized spacial score (nSPS) is 17.2. The van der Waals surface area contributed by atoms with Crippen LogP contribution in [0.1, 0.15) is 55.2 Å². The number of likely N-dealkylation sites (tertiary alicyclic amines) is 1. The molecular weight excluding hydrogens is 402 g/mol. The fraction of sp³-hybridized carbons (Fsp3) is 0.423. The Morgan fingerprint density at radius 2 is 1.74 bits per heavy atom. The minimum Gasteiger partial charge on any atom is -0.328 e. The Hall–Kier alpha value is -2.08. The molecule has 0 unspecified atom stereocenters. The van der Waals surface area contributed by atoms with Gasteiger partial charge >= 0.3 is 0 Å². The molecule has 3 N–H and O–H groups in total. The number of piperidine rings is 1. The Morgan fingerprint density at radius 3 is 2.35 bits per heavy atom. The first kappa shape index (κ1) is 23.6. The number of carbonyl (C=O) groups excluding carboxylic acids is 1. The molecule has 0 radical (unpaired) electrons. The van der Waals surface area contributed by atoms with Crippen LogP contribution in [0.5, 0.6) is 0 Å². The fourth-order valence-corrected chi connectivity index (χ4v) is 3.95. The number of hydrogen-bond donors (Lipinski definition) is 2. The fourth-order valence-electron chi connectivity index (χ4n) is 3.59. The van der Waals surface area contributed by atoms with Gasteiger partial charge in [-0.3, -0.25) is 14.4 Å². The van der Waals surface area contributed by atoms with Crippen LogP contribution >= 0.6 is 11.9 Å². The number of benzene rings is 2. The van der Waals surface area contributed by atoms with Crippen molar-refractivity contribution >= 4 is 23.9 Å². The van der Waals surface area contributed by atoms with Crippen LogP contribution in [0.25, 0.3) is 6.08 Å². The lowest BCUT2D eigenvalue weighted by atomic mass is 10.0. The average Bonchev–Trinajstić information content (AvgIpc) is 3.65. The summed E-state index contributed by atoms with van der Waals surface area (Å²) in [5.74, 6) is 1.71. The molecule has 0 spiro atoms. The number of nitrogens with zero attached hydrogens (tertiary/aromatic N) is 1. The van der Waals surface area contributed by atoms with Crippen LogP contribution in [0.3, 0.4) is 0 Å². The largest absolute Gasteiger partial charge is 0.328 e. The van der Waals surface area contributed by atoms with Crippen molar-refractivity contribution in [3.05, 3.63) is 77.4 Å². The van der Waals surface area contributed by atoms with Crippen LogP contribution < -0.4 is 10.5 Å². The van der Waals surface area contributed by atoms with E-state index < -0.39 is 0 Å². The molecule has 5 heteroatoms. The standard InChI is InChI=1S/C17H25N3OS.C9H10/c1-2-22-19-17(21)8-7-14-3-5-15(6-4-14)13-20-11-9-16(18)10-12-20;1-2-4-8(5-3-1)9-6-7-9/h3-8,16H,2,9-13,18H2,1H3,(H,19,21);1-5,9H,6-7H2/b8-7+;. The first-order valence-electron chi connectivity index (χ1n) is 11.4.